The molecule has 0 amide bonds. The van der Waals surface area contributed by atoms with E-state index in [0.717, 1.165) is 12.1 Å². The third-order valence-corrected chi connectivity index (χ3v) is 11.2. The average molecular weight is 807 g/mol. The lowest BCUT2D eigenvalue weighted by Crippen LogP contribution is -2.63. The first-order valence-corrected chi connectivity index (χ1v) is 19.6. The second-order valence-corrected chi connectivity index (χ2v) is 15.7. The van der Waals surface area contributed by atoms with Crippen molar-refractivity contribution in [3.8, 4) is 17.0 Å². The summed E-state index contributed by atoms with van der Waals surface area (Å²) in [4.78, 5) is 18.8. The molecule has 3 aromatic heterocycles. The molecule has 0 spiro atoms. The zero-order valence-corrected chi connectivity index (χ0v) is 31.3. The topological polar surface area (TPSA) is 177 Å². The van der Waals surface area contributed by atoms with E-state index in [4.69, 9.17) is 25.3 Å². The lowest BCUT2D eigenvalue weighted by molar-refractivity contribution is -0.0529. The molecule has 1 aliphatic heterocycles. The predicted octanol–water partition coefficient (Wildman–Crippen LogP) is 6.68. The van der Waals surface area contributed by atoms with Crippen molar-refractivity contribution in [1.82, 2.24) is 24.5 Å². The first-order valence-electron chi connectivity index (χ1n) is 17.9. The van der Waals surface area contributed by atoms with Crippen LogP contribution in [0.15, 0.2) is 97.7 Å². The Balaban J connectivity index is 1.17. The number of piperidine rings is 1. The molecule has 0 bridgehead atoms. The molecule has 2 atom stereocenters. The summed E-state index contributed by atoms with van der Waals surface area (Å²) < 4.78 is 91.6. The van der Waals surface area contributed by atoms with Gasteiger partial charge in [-0.3, -0.25) is 9.55 Å². The number of hydrogen-bond acceptors (Lipinski definition) is 12. The molecule has 3 aromatic carbocycles. The standard InChI is InChI=1S/C39H39F4N8O5P/c40-29-16-33(54-24-57(53,55-19-25-8-3-1-4-9-25)56-20-26-10-5-2-6-11-26)30(41)15-28(29)31-14-27(18-51-23-49-34-37(44)47-22-48-38(34)51)32(17-46-31)50-13-7-12-39(45,21-50)35(52)36(42)43/h1-6,8-11,14-17,22-23,35-36,52H,7,12-13,18-21,24,45H2,(H2,44,47,48)/t35-,39-/m1/s1. The van der Waals surface area contributed by atoms with Gasteiger partial charge in [0.15, 0.2) is 29.4 Å². The normalized spacial score (nSPS) is 16.6. The minimum atomic E-state index is -4.04. The fourth-order valence-electron chi connectivity index (χ4n) is 6.65. The number of aromatic nitrogens is 5. The summed E-state index contributed by atoms with van der Waals surface area (Å²) >= 11 is 0. The van der Waals surface area contributed by atoms with E-state index in [0.29, 0.717) is 46.5 Å². The van der Waals surface area contributed by atoms with E-state index in [2.05, 4.69) is 19.9 Å². The van der Waals surface area contributed by atoms with Crippen LogP contribution in [0, 0.1) is 11.6 Å². The van der Waals surface area contributed by atoms with Crippen LogP contribution in [0.4, 0.5) is 29.1 Å². The fraction of sp³-hybridized carbons (Fsp3) is 0.282. The SMILES string of the molecule is Nc1ncnc2c1ncn2Cc1cc(-c2cc(F)c(OCP(=O)(OCc3ccccc3)OCc3ccccc3)cc2F)ncc1N1CCC[C@](N)([C@H](O)C(F)F)C1. The Hall–Kier alpha value is -5.45. The molecule has 7 rings (SSSR count). The van der Waals surface area contributed by atoms with Gasteiger partial charge in [-0.2, -0.15) is 0 Å². The number of halogens is 4. The van der Waals surface area contributed by atoms with E-state index in [9.17, 15) is 18.5 Å². The third kappa shape index (κ3) is 9.08. The first kappa shape index (κ1) is 39.8. The number of aliphatic hydroxyl groups is 1. The number of alkyl halides is 2. The number of anilines is 2. The summed E-state index contributed by atoms with van der Waals surface area (Å²) in [5.74, 6) is -2.27. The highest BCUT2D eigenvalue weighted by Gasteiger charge is 2.43. The van der Waals surface area contributed by atoms with Crippen molar-refractivity contribution in [2.24, 2.45) is 5.73 Å². The summed E-state index contributed by atoms with van der Waals surface area (Å²) in [5, 5.41) is 10.3. The molecule has 0 radical (unpaired) electrons. The fourth-order valence-corrected chi connectivity index (χ4v) is 7.86. The van der Waals surface area contributed by atoms with E-state index in [1.54, 1.807) is 58.0 Å². The Kier molecular flexibility index (Phi) is 11.8. The molecule has 57 heavy (non-hydrogen) atoms. The third-order valence-electron chi connectivity index (χ3n) is 9.68. The maximum absolute atomic E-state index is 16.0. The van der Waals surface area contributed by atoms with Crippen molar-refractivity contribution < 1.29 is 41.0 Å². The zero-order valence-electron chi connectivity index (χ0n) is 30.4. The van der Waals surface area contributed by atoms with E-state index < -0.39 is 49.4 Å². The molecule has 0 unspecified atom stereocenters. The number of fused-ring (bicyclic) bond motifs is 1. The molecule has 6 aromatic rings. The number of nitrogens with two attached hydrogens (primary N) is 2. The molecule has 18 heteroatoms. The number of nitrogen functional groups attached to an aromatic ring is 1. The van der Waals surface area contributed by atoms with Gasteiger partial charge in [0.05, 0.1) is 49.2 Å². The number of hydrogen-bond donors (Lipinski definition) is 3. The Morgan fingerprint density at radius 3 is 2.26 bits per heavy atom. The summed E-state index contributed by atoms with van der Waals surface area (Å²) in [6.45, 7) is 0.167. The molecule has 1 saturated heterocycles. The molecule has 298 valence electrons. The highest BCUT2D eigenvalue weighted by atomic mass is 31.2. The zero-order chi connectivity index (χ0) is 40.2. The van der Waals surface area contributed by atoms with Gasteiger partial charge >= 0.3 is 7.60 Å². The average Bonchev–Trinajstić information content (AvgIpc) is 3.63. The Bertz CT molecular complexity index is 2330. The van der Waals surface area contributed by atoms with Crippen LogP contribution in [0.25, 0.3) is 22.4 Å². The summed E-state index contributed by atoms with van der Waals surface area (Å²) in [5.41, 5.74) is 13.6. The van der Waals surface area contributed by atoms with Crippen molar-refractivity contribution in [3.63, 3.8) is 0 Å². The van der Waals surface area contributed by atoms with Gasteiger partial charge in [-0.1, -0.05) is 60.7 Å². The monoisotopic (exact) mass is 806 g/mol. The lowest BCUT2D eigenvalue weighted by Gasteiger charge is -2.44. The van der Waals surface area contributed by atoms with Gasteiger partial charge < -0.3 is 39.8 Å². The van der Waals surface area contributed by atoms with E-state index in [1.807, 2.05) is 12.1 Å². The maximum Gasteiger partial charge on any atom is 0.368 e. The molecule has 4 heterocycles. The van der Waals surface area contributed by atoms with Crippen LogP contribution in [0.2, 0.25) is 0 Å². The van der Waals surface area contributed by atoms with Crippen LogP contribution in [-0.2, 0) is 33.4 Å². The van der Waals surface area contributed by atoms with Crippen LogP contribution < -0.4 is 21.1 Å². The van der Waals surface area contributed by atoms with Crippen molar-refractivity contribution in [3.05, 3.63) is 126 Å². The smallest absolute Gasteiger partial charge is 0.368 e. The van der Waals surface area contributed by atoms with E-state index >= 15 is 8.78 Å². The molecule has 1 fully saturated rings. The van der Waals surface area contributed by atoms with Gasteiger partial charge in [0.25, 0.3) is 6.43 Å². The van der Waals surface area contributed by atoms with Crippen LogP contribution >= 0.6 is 7.60 Å². The summed E-state index contributed by atoms with van der Waals surface area (Å²) in [6.07, 6.45) is -1.12. The summed E-state index contributed by atoms with van der Waals surface area (Å²) in [6, 6.07) is 21.2. The second-order valence-electron chi connectivity index (χ2n) is 13.7. The van der Waals surface area contributed by atoms with E-state index in [1.165, 1.54) is 24.9 Å². The highest BCUT2D eigenvalue weighted by Crippen LogP contribution is 2.50. The molecule has 0 aliphatic carbocycles. The van der Waals surface area contributed by atoms with E-state index in [-0.39, 0.29) is 49.8 Å². The number of aliphatic hydroxyl groups excluding tert-OH is 1. The van der Waals surface area contributed by atoms with Gasteiger partial charge in [-0.15, -0.1) is 0 Å². The minimum Gasteiger partial charge on any atom is -0.478 e. The van der Waals surface area contributed by atoms with Crippen molar-refractivity contribution in [2.75, 3.05) is 30.1 Å². The Morgan fingerprint density at radius 2 is 1.60 bits per heavy atom. The van der Waals surface area contributed by atoms with Gasteiger partial charge in [0.1, 0.15) is 23.8 Å². The van der Waals surface area contributed by atoms with Crippen LogP contribution in [0.1, 0.15) is 29.5 Å². The number of nitrogens with zero attached hydrogens (tertiary/aromatic N) is 6. The highest BCUT2D eigenvalue weighted by molar-refractivity contribution is 7.53. The molecule has 0 saturated carbocycles. The number of ether oxygens (including phenoxy) is 1. The van der Waals surface area contributed by atoms with Crippen molar-refractivity contribution in [1.29, 1.82) is 0 Å². The number of benzene rings is 3. The number of pyridine rings is 1. The minimum absolute atomic E-state index is 0.0296. The van der Waals surface area contributed by atoms with Crippen molar-refractivity contribution in [2.45, 2.75) is 50.7 Å². The van der Waals surface area contributed by atoms with Crippen LogP contribution in [0.5, 0.6) is 5.75 Å². The number of imidazole rings is 1. The molecule has 13 nitrogen and oxygen atoms in total. The van der Waals surface area contributed by atoms with Crippen molar-refractivity contribution >= 4 is 30.3 Å². The summed E-state index contributed by atoms with van der Waals surface area (Å²) in [7, 11) is -4.04. The molecule has 1 aliphatic rings. The Labute approximate surface area is 324 Å². The Morgan fingerprint density at radius 1 is 0.912 bits per heavy atom. The quantitative estimate of drug-likeness (QED) is 0.0742. The molecular weight excluding hydrogens is 767 g/mol. The van der Waals surface area contributed by atoms with Crippen LogP contribution in [-0.4, -0.2) is 67.1 Å². The lowest BCUT2D eigenvalue weighted by atomic mass is 9.84. The second kappa shape index (κ2) is 17.0. The van der Waals surface area contributed by atoms with Crippen LogP contribution in [0.3, 0.4) is 0 Å². The van der Waals surface area contributed by atoms with Gasteiger partial charge in [0, 0.05) is 24.7 Å². The largest absolute Gasteiger partial charge is 0.478 e. The van der Waals surface area contributed by atoms with Gasteiger partial charge in [0.2, 0.25) is 0 Å². The molecule has 5 N–H and O–H groups in total. The predicted molar refractivity (Wildman–Crippen MR) is 204 cm³/mol. The molecular formula is C39H39F4N8O5P. The number of rotatable bonds is 15. The van der Waals surface area contributed by atoms with Gasteiger partial charge in [-0.25, -0.2) is 32.5 Å². The van der Waals surface area contributed by atoms with Gasteiger partial charge in [-0.05, 0) is 41.7 Å². The first-order chi connectivity index (χ1) is 27.4. The maximum atomic E-state index is 16.0.